The molecule has 3 aromatic carbocycles. The summed E-state index contributed by atoms with van der Waals surface area (Å²) >= 11 is 0. The van der Waals surface area contributed by atoms with E-state index >= 15 is 0 Å². The predicted molar refractivity (Wildman–Crippen MR) is 167 cm³/mol. The first-order valence-electron chi connectivity index (χ1n) is 11.9. The van der Waals surface area contributed by atoms with Crippen molar-refractivity contribution in [1.29, 1.82) is 0 Å². The normalized spacial score (nSPS) is 11.4. The number of amides is 1. The van der Waals surface area contributed by atoms with Crippen LogP contribution in [0.25, 0.3) is 17.0 Å². The minimum absolute atomic E-state index is 0. The molecule has 1 aromatic heterocycles. The third kappa shape index (κ3) is 11.1. The molecule has 0 aliphatic carbocycles. The van der Waals surface area contributed by atoms with Crippen LogP contribution in [0, 0.1) is 0 Å². The number of carboxylic acids is 1. The SMILES string of the molecule is C1=CN2C=Cc3ccccc3N2C=C1.O.O.O.O.O.O.O.O=C(NC(Cc1c[n-]c2ccccc12)C(=O)[O-])c1ccccc1.[Pd+2]. The van der Waals surface area contributed by atoms with Gasteiger partial charge in [-0.2, -0.15) is 6.20 Å². The molecule has 2 aliphatic rings. The van der Waals surface area contributed by atoms with E-state index in [1.54, 1.807) is 36.5 Å². The second-order valence-corrected chi connectivity index (χ2v) is 8.50. The molecule has 14 nitrogen and oxygen atoms in total. The monoisotopic (exact) mass is 720 g/mol. The molecule has 4 aromatic rings. The van der Waals surface area contributed by atoms with Gasteiger partial charge in [-0.1, -0.05) is 66.2 Å². The van der Waals surface area contributed by atoms with Gasteiger partial charge in [-0.25, -0.2) is 0 Å². The largest absolute Gasteiger partial charge is 2.00 e. The van der Waals surface area contributed by atoms with Crippen molar-refractivity contribution in [2.24, 2.45) is 0 Å². The van der Waals surface area contributed by atoms with Crippen molar-refractivity contribution >= 4 is 34.5 Å². The van der Waals surface area contributed by atoms with Crippen LogP contribution in [0.1, 0.15) is 21.5 Å². The molecule has 248 valence electrons. The molecule has 2 aliphatic heterocycles. The van der Waals surface area contributed by atoms with Gasteiger partial charge in [0.05, 0.1) is 17.7 Å². The van der Waals surface area contributed by atoms with E-state index in [0.717, 1.165) is 16.5 Å². The molecule has 15 N–H and O–H groups in total. The zero-order chi connectivity index (χ0) is 25.6. The number of carbonyl (C=O) groups excluding carboxylic acids is 2. The Kier molecular flexibility index (Phi) is 23.1. The van der Waals surface area contributed by atoms with E-state index in [1.807, 2.05) is 42.6 Å². The first-order chi connectivity index (χ1) is 18.1. The fourth-order valence-corrected chi connectivity index (χ4v) is 4.22. The van der Waals surface area contributed by atoms with Crippen LogP contribution in [-0.4, -0.2) is 61.3 Å². The van der Waals surface area contributed by atoms with Crippen LogP contribution >= 0.6 is 0 Å². The number of aromatic nitrogens is 1. The van der Waals surface area contributed by atoms with Crippen molar-refractivity contribution in [3.05, 3.63) is 133 Å². The molecule has 15 heteroatoms. The van der Waals surface area contributed by atoms with Gasteiger partial charge in [0.15, 0.2) is 0 Å². The standard InChI is InChI=1S/C18H15N2O3.C12H10N2.7H2O.Pd/c21-17(12-6-2-1-3-7-12)20-16(18(22)23)10-13-11-19-15-9-5-4-8-14(13)15;1-2-6-12-11(5-1)7-10-13-8-3-4-9-14(12)13;;;;;;;;/h1-9,11,16H,10H2,(H,20,21)(H,22,23);1-10H;7*1H2;/q-1;;;;;;;;;+2/p-1. The zero-order valence-corrected chi connectivity index (χ0v) is 25.3. The number of benzene rings is 3. The second kappa shape index (κ2) is 21.9. The van der Waals surface area contributed by atoms with E-state index in [4.69, 9.17) is 0 Å². The Bertz CT molecular complexity index is 1530. The average Bonchev–Trinajstić information content (AvgIpc) is 3.36. The van der Waals surface area contributed by atoms with Crippen LogP contribution in [0.2, 0.25) is 0 Å². The third-order valence-electron chi connectivity index (χ3n) is 6.08. The number of hydrazine groups is 1. The first-order valence-corrected chi connectivity index (χ1v) is 11.9. The van der Waals surface area contributed by atoms with Crippen molar-refractivity contribution in [3.63, 3.8) is 0 Å². The quantitative estimate of drug-likeness (QED) is 0.224. The Hall–Kier alpha value is -4.66. The first kappa shape index (κ1) is 47.3. The molecule has 0 radical (unpaired) electrons. The molecule has 1 amide bonds. The number of carboxylic acid groups (broad SMARTS) is 1. The number of hydrogen-bond acceptors (Lipinski definition) is 5. The molecule has 0 bridgehead atoms. The number of hydrogen-bond donors (Lipinski definition) is 1. The number of rotatable bonds is 5. The van der Waals surface area contributed by atoms with Crippen molar-refractivity contribution in [3.8, 4) is 0 Å². The second-order valence-electron chi connectivity index (χ2n) is 8.50. The number of carbonyl (C=O) groups is 2. The topological polar surface area (TPSA) is 310 Å². The number of nitrogens with zero attached hydrogens (tertiary/aromatic N) is 3. The Morgan fingerprint density at radius 1 is 0.756 bits per heavy atom. The van der Waals surface area contributed by atoms with Gasteiger partial charge in [0.1, 0.15) is 0 Å². The maximum absolute atomic E-state index is 12.1. The molecule has 0 saturated carbocycles. The number of fused-ring (bicyclic) bond motifs is 4. The molecule has 0 spiro atoms. The molecule has 1 unspecified atom stereocenters. The molecular formula is C30H38N4O10Pd. The van der Waals surface area contributed by atoms with Gasteiger partial charge in [0.25, 0.3) is 5.91 Å². The van der Waals surface area contributed by atoms with E-state index in [9.17, 15) is 14.7 Å². The smallest absolute Gasteiger partial charge is 0.663 e. The number of aliphatic carboxylic acids is 1. The third-order valence-corrected chi connectivity index (χ3v) is 6.08. The van der Waals surface area contributed by atoms with Gasteiger partial charge in [-0.3, -0.25) is 14.8 Å². The van der Waals surface area contributed by atoms with Crippen molar-refractivity contribution in [2.75, 3.05) is 5.01 Å². The molecule has 0 saturated heterocycles. The van der Waals surface area contributed by atoms with Crippen molar-refractivity contribution < 1.29 is 73.5 Å². The predicted octanol–water partition coefficient (Wildman–Crippen LogP) is -2.15. The van der Waals surface area contributed by atoms with Crippen LogP contribution in [0.3, 0.4) is 0 Å². The van der Waals surface area contributed by atoms with Gasteiger partial charge < -0.3 is 58.5 Å². The zero-order valence-electron chi connectivity index (χ0n) is 23.7. The summed E-state index contributed by atoms with van der Waals surface area (Å²) in [5.41, 5.74) is 4.45. The summed E-state index contributed by atoms with van der Waals surface area (Å²) in [6.07, 6.45) is 14.1. The van der Waals surface area contributed by atoms with E-state index in [0.29, 0.717) is 5.56 Å². The Morgan fingerprint density at radius 2 is 1.36 bits per heavy atom. The molecule has 45 heavy (non-hydrogen) atoms. The molecule has 1 atom stereocenters. The molecule has 6 rings (SSSR count). The van der Waals surface area contributed by atoms with Gasteiger partial charge in [0, 0.05) is 29.7 Å². The number of anilines is 1. The van der Waals surface area contributed by atoms with E-state index in [-0.39, 0.29) is 65.2 Å². The summed E-state index contributed by atoms with van der Waals surface area (Å²) in [6, 6.07) is 23.2. The minimum atomic E-state index is -1.32. The van der Waals surface area contributed by atoms with Crippen LogP contribution in [0.15, 0.2) is 116 Å². The fourth-order valence-electron chi connectivity index (χ4n) is 4.22. The Balaban J connectivity index is -0.000000339. The summed E-state index contributed by atoms with van der Waals surface area (Å²) < 4.78 is 0. The van der Waals surface area contributed by atoms with Gasteiger partial charge in [-0.15, -0.1) is 5.52 Å². The summed E-state index contributed by atoms with van der Waals surface area (Å²) in [7, 11) is 0. The van der Waals surface area contributed by atoms with Gasteiger partial charge in [0.2, 0.25) is 0 Å². The average molecular weight is 721 g/mol. The number of allylic oxidation sites excluding steroid dienone is 2. The van der Waals surface area contributed by atoms with Gasteiger partial charge >= 0.3 is 20.4 Å². The van der Waals surface area contributed by atoms with Crippen molar-refractivity contribution in [2.45, 2.75) is 12.5 Å². The summed E-state index contributed by atoms with van der Waals surface area (Å²) in [6.45, 7) is 0. The summed E-state index contributed by atoms with van der Waals surface area (Å²) in [5.74, 6) is -1.76. The van der Waals surface area contributed by atoms with Crippen molar-refractivity contribution in [1.82, 2.24) is 15.3 Å². The minimum Gasteiger partial charge on any atom is -0.663 e. The van der Waals surface area contributed by atoms with Gasteiger partial charge in [-0.05, 0) is 48.2 Å². The van der Waals surface area contributed by atoms with Crippen LogP contribution in [-0.2, 0) is 31.6 Å². The number of nitrogens with one attached hydrogen (secondary N) is 1. The maximum Gasteiger partial charge on any atom is 2.00 e. The molecular weight excluding hydrogens is 683 g/mol. The fraction of sp³-hybridized carbons (Fsp3) is 0.0667. The number of para-hydroxylation sites is 2. The van der Waals surface area contributed by atoms with E-state index in [1.165, 1.54) is 11.3 Å². The van der Waals surface area contributed by atoms with E-state index < -0.39 is 17.9 Å². The molecule has 0 fully saturated rings. The molecule has 3 heterocycles. The van der Waals surface area contributed by atoms with Crippen LogP contribution in [0.4, 0.5) is 5.69 Å². The van der Waals surface area contributed by atoms with Crippen LogP contribution in [0.5, 0.6) is 0 Å². The van der Waals surface area contributed by atoms with E-state index in [2.05, 4.69) is 63.1 Å². The Morgan fingerprint density at radius 3 is 2.04 bits per heavy atom. The summed E-state index contributed by atoms with van der Waals surface area (Å²) in [4.78, 5) is 27.8. The van der Waals surface area contributed by atoms with Crippen LogP contribution < -0.4 is 20.4 Å². The summed E-state index contributed by atoms with van der Waals surface area (Å²) in [5, 5.41) is 18.9. The Labute approximate surface area is 272 Å². The maximum atomic E-state index is 12.1.